The molecular weight excluding hydrogens is 249 g/mol. The fraction of sp³-hybridized carbons (Fsp3) is 0.250. The smallest absolute Gasteiger partial charge is 0.417 e. The minimum Gasteiger partial charge on any atom is -0.493 e. The highest BCUT2D eigenvalue weighted by Gasteiger charge is 2.35. The zero-order valence-electron chi connectivity index (χ0n) is 9.33. The van der Waals surface area contributed by atoms with Crippen molar-refractivity contribution in [2.75, 3.05) is 6.61 Å². The summed E-state index contributed by atoms with van der Waals surface area (Å²) in [6.07, 6.45) is -2.60. The third-order valence-electron chi connectivity index (χ3n) is 2.12. The number of alkyl halides is 3. The molecule has 0 radical (unpaired) electrons. The van der Waals surface area contributed by atoms with E-state index in [1.54, 1.807) is 6.08 Å². The van der Waals surface area contributed by atoms with Crippen LogP contribution in [0.15, 0.2) is 30.9 Å². The van der Waals surface area contributed by atoms with Gasteiger partial charge in [-0.25, -0.2) is 4.79 Å². The van der Waals surface area contributed by atoms with Crippen molar-refractivity contribution in [1.29, 1.82) is 0 Å². The Morgan fingerprint density at radius 3 is 2.61 bits per heavy atom. The Hall–Kier alpha value is -1.98. The molecule has 1 N–H and O–H groups in total. The fourth-order valence-corrected chi connectivity index (χ4v) is 1.30. The van der Waals surface area contributed by atoms with Gasteiger partial charge in [-0.15, -0.1) is 6.58 Å². The summed E-state index contributed by atoms with van der Waals surface area (Å²) in [7, 11) is 0. The molecule has 1 aromatic rings. The van der Waals surface area contributed by atoms with Crippen LogP contribution in [0.4, 0.5) is 13.2 Å². The molecule has 0 bridgehead atoms. The molecule has 0 aliphatic carbocycles. The van der Waals surface area contributed by atoms with Crippen molar-refractivity contribution < 1.29 is 27.8 Å². The van der Waals surface area contributed by atoms with Gasteiger partial charge in [0.05, 0.1) is 17.7 Å². The number of carboxylic acid groups (broad SMARTS) is 1. The average molecular weight is 260 g/mol. The van der Waals surface area contributed by atoms with Gasteiger partial charge < -0.3 is 9.84 Å². The molecule has 0 unspecified atom stereocenters. The second-order valence-electron chi connectivity index (χ2n) is 3.44. The maximum absolute atomic E-state index is 12.5. The van der Waals surface area contributed by atoms with E-state index in [0.717, 1.165) is 12.1 Å². The molecule has 0 aliphatic rings. The lowest BCUT2D eigenvalue weighted by Gasteiger charge is -2.12. The lowest BCUT2D eigenvalue weighted by molar-refractivity contribution is -0.138. The van der Waals surface area contributed by atoms with Gasteiger partial charge in [-0.1, -0.05) is 6.08 Å². The Labute approximate surface area is 101 Å². The number of hydrogen-bond acceptors (Lipinski definition) is 2. The molecule has 98 valence electrons. The van der Waals surface area contributed by atoms with Crippen LogP contribution in [0.2, 0.25) is 0 Å². The van der Waals surface area contributed by atoms with Gasteiger partial charge in [0.15, 0.2) is 0 Å². The van der Waals surface area contributed by atoms with Gasteiger partial charge in [-0.2, -0.15) is 13.2 Å². The zero-order valence-corrected chi connectivity index (χ0v) is 9.33. The van der Waals surface area contributed by atoms with Crippen molar-refractivity contribution in [3.8, 4) is 5.75 Å². The first-order valence-electron chi connectivity index (χ1n) is 5.04. The third kappa shape index (κ3) is 3.51. The molecule has 0 aliphatic heterocycles. The highest BCUT2D eigenvalue weighted by atomic mass is 19.4. The quantitative estimate of drug-likeness (QED) is 0.652. The SMILES string of the molecule is C=CCCOc1ccc(C(F)(F)F)c(C(=O)O)c1. The first-order chi connectivity index (χ1) is 8.36. The summed E-state index contributed by atoms with van der Waals surface area (Å²) in [5.41, 5.74) is -2.01. The Balaban J connectivity index is 3.04. The molecule has 0 saturated carbocycles. The number of carboxylic acids is 1. The summed E-state index contributed by atoms with van der Waals surface area (Å²) < 4.78 is 42.7. The molecule has 1 rings (SSSR count). The normalized spacial score (nSPS) is 11.1. The van der Waals surface area contributed by atoms with E-state index in [2.05, 4.69) is 6.58 Å². The number of carbonyl (C=O) groups is 1. The van der Waals surface area contributed by atoms with Gasteiger partial charge in [0.2, 0.25) is 0 Å². The fourth-order valence-electron chi connectivity index (χ4n) is 1.30. The van der Waals surface area contributed by atoms with Crippen LogP contribution in [0.3, 0.4) is 0 Å². The van der Waals surface area contributed by atoms with Crippen molar-refractivity contribution >= 4 is 5.97 Å². The third-order valence-corrected chi connectivity index (χ3v) is 2.12. The second-order valence-corrected chi connectivity index (χ2v) is 3.44. The number of rotatable bonds is 5. The molecule has 0 heterocycles. The Kier molecular flexibility index (Phi) is 4.36. The second kappa shape index (κ2) is 5.57. The van der Waals surface area contributed by atoms with Crippen molar-refractivity contribution in [1.82, 2.24) is 0 Å². The molecule has 0 amide bonds. The molecule has 0 saturated heterocycles. The summed E-state index contributed by atoms with van der Waals surface area (Å²) in [6.45, 7) is 3.69. The van der Waals surface area contributed by atoms with Crippen LogP contribution >= 0.6 is 0 Å². The zero-order chi connectivity index (χ0) is 13.8. The van der Waals surface area contributed by atoms with E-state index in [1.807, 2.05) is 0 Å². The van der Waals surface area contributed by atoms with Crippen LogP contribution in [-0.2, 0) is 6.18 Å². The van der Waals surface area contributed by atoms with Gasteiger partial charge in [0.1, 0.15) is 5.75 Å². The molecule has 0 aromatic heterocycles. The van der Waals surface area contributed by atoms with Crippen molar-refractivity contribution in [3.05, 3.63) is 42.0 Å². The first kappa shape index (κ1) is 14.1. The van der Waals surface area contributed by atoms with E-state index in [4.69, 9.17) is 9.84 Å². The average Bonchev–Trinajstić information content (AvgIpc) is 2.27. The van der Waals surface area contributed by atoms with Crippen LogP contribution in [0, 0.1) is 0 Å². The van der Waals surface area contributed by atoms with Gasteiger partial charge in [-0.05, 0) is 24.6 Å². The number of ether oxygens (including phenoxy) is 1. The van der Waals surface area contributed by atoms with Crippen molar-refractivity contribution in [2.24, 2.45) is 0 Å². The topological polar surface area (TPSA) is 46.5 Å². The molecule has 0 spiro atoms. The number of aromatic carboxylic acids is 1. The predicted molar refractivity (Wildman–Crippen MR) is 58.7 cm³/mol. The number of benzene rings is 1. The Bertz CT molecular complexity index is 452. The summed E-state index contributed by atoms with van der Waals surface area (Å²) in [5.74, 6) is -1.56. The minimum absolute atomic E-state index is 0.0854. The predicted octanol–water partition coefficient (Wildman–Crippen LogP) is 3.36. The summed E-state index contributed by atoms with van der Waals surface area (Å²) in [4.78, 5) is 10.8. The van der Waals surface area contributed by atoms with Crippen LogP contribution in [0.25, 0.3) is 0 Å². The van der Waals surface area contributed by atoms with Crippen molar-refractivity contribution in [2.45, 2.75) is 12.6 Å². The largest absolute Gasteiger partial charge is 0.493 e. The molecule has 18 heavy (non-hydrogen) atoms. The van der Waals surface area contributed by atoms with Crippen LogP contribution < -0.4 is 4.74 Å². The van der Waals surface area contributed by atoms with Crippen LogP contribution in [0.1, 0.15) is 22.3 Å². The summed E-state index contributed by atoms with van der Waals surface area (Å²) in [5, 5.41) is 8.75. The van der Waals surface area contributed by atoms with E-state index in [1.165, 1.54) is 0 Å². The summed E-state index contributed by atoms with van der Waals surface area (Å²) in [6, 6.07) is 2.67. The maximum atomic E-state index is 12.5. The van der Waals surface area contributed by atoms with E-state index in [9.17, 15) is 18.0 Å². The molecule has 1 aromatic carbocycles. The van der Waals surface area contributed by atoms with E-state index in [0.29, 0.717) is 12.5 Å². The molecule has 3 nitrogen and oxygen atoms in total. The lowest BCUT2D eigenvalue weighted by atomic mass is 10.1. The number of halogens is 3. The maximum Gasteiger partial charge on any atom is 0.417 e. The first-order valence-corrected chi connectivity index (χ1v) is 5.04. The van der Waals surface area contributed by atoms with Gasteiger partial charge in [-0.3, -0.25) is 0 Å². The Morgan fingerprint density at radius 2 is 2.11 bits per heavy atom. The highest BCUT2D eigenvalue weighted by molar-refractivity contribution is 5.90. The van der Waals surface area contributed by atoms with Crippen LogP contribution in [-0.4, -0.2) is 17.7 Å². The van der Waals surface area contributed by atoms with E-state index in [-0.39, 0.29) is 12.4 Å². The van der Waals surface area contributed by atoms with E-state index >= 15 is 0 Å². The lowest BCUT2D eigenvalue weighted by Crippen LogP contribution is -2.13. The van der Waals surface area contributed by atoms with Crippen molar-refractivity contribution in [3.63, 3.8) is 0 Å². The molecular formula is C12H11F3O3. The van der Waals surface area contributed by atoms with Gasteiger partial charge in [0, 0.05) is 0 Å². The summed E-state index contributed by atoms with van der Waals surface area (Å²) >= 11 is 0. The Morgan fingerprint density at radius 1 is 1.44 bits per heavy atom. The van der Waals surface area contributed by atoms with E-state index < -0.39 is 23.3 Å². The van der Waals surface area contributed by atoms with Gasteiger partial charge >= 0.3 is 12.1 Å². The molecule has 6 heteroatoms. The standard InChI is InChI=1S/C12H11F3O3/c1-2-3-6-18-8-4-5-10(12(13,14)15)9(7-8)11(16)17/h2,4-5,7H,1,3,6H2,(H,16,17). The monoisotopic (exact) mass is 260 g/mol. The minimum atomic E-state index is -4.70. The molecule has 0 atom stereocenters. The number of hydrogen-bond donors (Lipinski definition) is 1. The van der Waals surface area contributed by atoms with Crippen LogP contribution in [0.5, 0.6) is 5.75 Å². The molecule has 0 fully saturated rings. The highest BCUT2D eigenvalue weighted by Crippen LogP contribution is 2.33. The van der Waals surface area contributed by atoms with Gasteiger partial charge in [0.25, 0.3) is 0 Å².